The Labute approximate surface area is 141 Å². The fourth-order valence-corrected chi connectivity index (χ4v) is 3.47. The largest absolute Gasteiger partial charge is 0.490 e. The molecule has 0 aromatic heterocycles. The second-order valence-electron chi connectivity index (χ2n) is 5.06. The van der Waals surface area contributed by atoms with Crippen molar-refractivity contribution in [1.29, 1.82) is 0 Å². The minimum Gasteiger partial charge on any atom is -0.490 e. The van der Waals surface area contributed by atoms with Crippen LogP contribution in [-0.4, -0.2) is 13.2 Å². The van der Waals surface area contributed by atoms with E-state index in [0.29, 0.717) is 0 Å². The lowest BCUT2D eigenvalue weighted by Gasteiger charge is -2.14. The van der Waals surface area contributed by atoms with Gasteiger partial charge in [0.25, 0.3) is 0 Å². The van der Waals surface area contributed by atoms with E-state index in [1.165, 1.54) is 11.1 Å². The number of alkyl halides is 1. The van der Waals surface area contributed by atoms with Crippen LogP contribution in [0.4, 0.5) is 0 Å². The third-order valence-electron chi connectivity index (χ3n) is 3.44. The molecule has 0 saturated heterocycles. The molecule has 0 fully saturated rings. The predicted octanol–water partition coefficient (Wildman–Crippen LogP) is 5.29. The highest BCUT2D eigenvalue weighted by molar-refractivity contribution is 9.10. The van der Waals surface area contributed by atoms with E-state index < -0.39 is 0 Å². The first kappa shape index (κ1) is 14.9. The summed E-state index contributed by atoms with van der Waals surface area (Å²) in [6, 6.07) is 14.6. The number of rotatable bonds is 3. The summed E-state index contributed by atoms with van der Waals surface area (Å²) in [5.41, 5.74) is 2.50. The molecule has 0 aliphatic carbocycles. The molecule has 0 saturated carbocycles. The second kappa shape index (κ2) is 6.84. The Bertz CT molecular complexity index is 628. The lowest BCUT2D eigenvalue weighted by Crippen LogP contribution is -1.98. The van der Waals surface area contributed by atoms with Crippen molar-refractivity contribution in [2.75, 3.05) is 13.2 Å². The fraction of sp³-hybridized carbons (Fsp3) is 0.294. The summed E-state index contributed by atoms with van der Waals surface area (Å²) in [5, 5.41) is 0. The molecular formula is C17H16Br2O2. The Morgan fingerprint density at radius 2 is 1.81 bits per heavy atom. The minimum atomic E-state index is 0.254. The van der Waals surface area contributed by atoms with Crippen LogP contribution in [0, 0.1) is 0 Å². The third kappa shape index (κ3) is 3.80. The van der Waals surface area contributed by atoms with E-state index in [2.05, 4.69) is 62.2 Å². The normalized spacial score (nSPS) is 15.3. The summed E-state index contributed by atoms with van der Waals surface area (Å²) in [5.74, 6) is 1.70. The first-order chi connectivity index (χ1) is 10.2. The van der Waals surface area contributed by atoms with E-state index in [0.717, 1.165) is 42.0 Å². The van der Waals surface area contributed by atoms with Crippen molar-refractivity contribution in [2.45, 2.75) is 17.7 Å². The molecule has 21 heavy (non-hydrogen) atoms. The Morgan fingerprint density at radius 3 is 2.62 bits per heavy atom. The molecule has 3 rings (SSSR count). The maximum atomic E-state index is 5.76. The van der Waals surface area contributed by atoms with E-state index in [9.17, 15) is 0 Å². The van der Waals surface area contributed by atoms with Crippen LogP contribution in [0.15, 0.2) is 46.9 Å². The van der Waals surface area contributed by atoms with Crippen molar-refractivity contribution in [3.63, 3.8) is 0 Å². The van der Waals surface area contributed by atoms with Crippen LogP contribution >= 0.6 is 31.9 Å². The van der Waals surface area contributed by atoms with Gasteiger partial charge in [0, 0.05) is 15.7 Å². The zero-order valence-electron chi connectivity index (χ0n) is 11.5. The first-order valence-electron chi connectivity index (χ1n) is 7.00. The number of benzene rings is 2. The number of halogens is 2. The average molecular weight is 412 g/mol. The summed E-state index contributed by atoms with van der Waals surface area (Å²) in [7, 11) is 0. The molecule has 0 spiro atoms. The Kier molecular flexibility index (Phi) is 4.86. The van der Waals surface area contributed by atoms with Crippen LogP contribution in [0.3, 0.4) is 0 Å². The Hall–Kier alpha value is -1.00. The van der Waals surface area contributed by atoms with Crippen molar-refractivity contribution in [3.05, 3.63) is 58.1 Å². The molecule has 1 heterocycles. The summed E-state index contributed by atoms with van der Waals surface area (Å²) >= 11 is 7.30. The molecule has 2 aromatic carbocycles. The Morgan fingerprint density at radius 1 is 1.00 bits per heavy atom. The summed E-state index contributed by atoms with van der Waals surface area (Å²) in [6.45, 7) is 1.44. The van der Waals surface area contributed by atoms with E-state index >= 15 is 0 Å². The molecule has 1 atom stereocenters. The Balaban J connectivity index is 1.78. The van der Waals surface area contributed by atoms with Gasteiger partial charge in [-0.05, 0) is 41.8 Å². The lowest BCUT2D eigenvalue weighted by molar-refractivity contribution is 0.297. The maximum Gasteiger partial charge on any atom is 0.161 e. The van der Waals surface area contributed by atoms with E-state index in [1.54, 1.807) is 0 Å². The van der Waals surface area contributed by atoms with Crippen molar-refractivity contribution in [1.82, 2.24) is 0 Å². The van der Waals surface area contributed by atoms with Gasteiger partial charge in [0.15, 0.2) is 11.5 Å². The zero-order chi connectivity index (χ0) is 14.7. The van der Waals surface area contributed by atoms with Crippen molar-refractivity contribution < 1.29 is 9.47 Å². The lowest BCUT2D eigenvalue weighted by atomic mass is 10.0. The van der Waals surface area contributed by atoms with Crippen LogP contribution in [0.5, 0.6) is 11.5 Å². The summed E-state index contributed by atoms with van der Waals surface area (Å²) < 4.78 is 12.5. The van der Waals surface area contributed by atoms with Crippen LogP contribution < -0.4 is 9.47 Å². The van der Waals surface area contributed by atoms with Crippen molar-refractivity contribution in [3.8, 4) is 11.5 Å². The standard InChI is InChI=1S/C17H16Br2O2/c18-14-4-1-3-12(9-14)10-15(19)13-5-6-16-17(11-13)21-8-2-7-20-16/h1,3-6,9,11,15H,2,7-8,10H2. The quantitative estimate of drug-likeness (QED) is 0.639. The zero-order valence-corrected chi connectivity index (χ0v) is 14.7. The molecule has 110 valence electrons. The van der Waals surface area contributed by atoms with Gasteiger partial charge in [0.1, 0.15) is 0 Å². The van der Waals surface area contributed by atoms with Crippen LogP contribution in [0.2, 0.25) is 0 Å². The van der Waals surface area contributed by atoms with Crippen molar-refractivity contribution in [2.24, 2.45) is 0 Å². The minimum absolute atomic E-state index is 0.254. The van der Waals surface area contributed by atoms with E-state index in [-0.39, 0.29) is 4.83 Å². The SMILES string of the molecule is Brc1cccc(CC(Br)c2ccc3c(c2)OCCCO3)c1. The molecule has 0 bridgehead atoms. The van der Waals surface area contributed by atoms with Gasteiger partial charge in [-0.1, -0.05) is 50.1 Å². The van der Waals surface area contributed by atoms with Crippen molar-refractivity contribution >= 4 is 31.9 Å². The molecule has 1 aliphatic heterocycles. The number of hydrogen-bond donors (Lipinski definition) is 0. The van der Waals surface area contributed by atoms with Gasteiger partial charge in [0.2, 0.25) is 0 Å². The van der Waals surface area contributed by atoms with Gasteiger partial charge in [-0.3, -0.25) is 0 Å². The molecule has 1 aliphatic rings. The van der Waals surface area contributed by atoms with E-state index in [1.807, 2.05) is 12.1 Å². The van der Waals surface area contributed by atoms with Crippen LogP contribution in [0.25, 0.3) is 0 Å². The third-order valence-corrected chi connectivity index (χ3v) is 4.78. The number of ether oxygens (including phenoxy) is 2. The van der Waals surface area contributed by atoms with Crippen LogP contribution in [-0.2, 0) is 6.42 Å². The van der Waals surface area contributed by atoms with E-state index in [4.69, 9.17) is 9.47 Å². The molecule has 0 radical (unpaired) electrons. The highest BCUT2D eigenvalue weighted by Gasteiger charge is 2.15. The molecule has 2 aromatic rings. The fourth-order valence-electron chi connectivity index (χ4n) is 2.36. The maximum absolute atomic E-state index is 5.76. The molecule has 1 unspecified atom stereocenters. The molecule has 4 heteroatoms. The van der Waals surface area contributed by atoms with Gasteiger partial charge in [-0.25, -0.2) is 0 Å². The highest BCUT2D eigenvalue weighted by atomic mass is 79.9. The molecule has 0 amide bonds. The van der Waals surface area contributed by atoms with Gasteiger partial charge < -0.3 is 9.47 Å². The number of hydrogen-bond acceptors (Lipinski definition) is 2. The summed E-state index contributed by atoms with van der Waals surface area (Å²) in [4.78, 5) is 0.254. The average Bonchev–Trinajstić information content (AvgIpc) is 2.71. The monoisotopic (exact) mass is 410 g/mol. The molecule has 2 nitrogen and oxygen atoms in total. The summed E-state index contributed by atoms with van der Waals surface area (Å²) in [6.07, 6.45) is 1.86. The van der Waals surface area contributed by atoms with Gasteiger partial charge in [-0.2, -0.15) is 0 Å². The molecular weight excluding hydrogens is 396 g/mol. The smallest absolute Gasteiger partial charge is 0.161 e. The molecule has 0 N–H and O–H groups in total. The highest BCUT2D eigenvalue weighted by Crippen LogP contribution is 2.36. The van der Waals surface area contributed by atoms with Gasteiger partial charge in [-0.15, -0.1) is 0 Å². The van der Waals surface area contributed by atoms with Gasteiger partial charge >= 0.3 is 0 Å². The predicted molar refractivity (Wildman–Crippen MR) is 91.6 cm³/mol. The number of fused-ring (bicyclic) bond motifs is 1. The second-order valence-corrected chi connectivity index (χ2v) is 7.08. The van der Waals surface area contributed by atoms with Crippen LogP contribution in [0.1, 0.15) is 22.4 Å². The topological polar surface area (TPSA) is 18.5 Å². The first-order valence-corrected chi connectivity index (χ1v) is 8.71. The van der Waals surface area contributed by atoms with Gasteiger partial charge in [0.05, 0.1) is 13.2 Å².